The van der Waals surface area contributed by atoms with E-state index in [1.54, 1.807) is 44.2 Å². The fraction of sp³-hybridized carbons (Fsp3) is 0.630. The van der Waals surface area contributed by atoms with Crippen molar-refractivity contribution < 1.29 is 44.2 Å². The van der Waals surface area contributed by atoms with Gasteiger partial charge in [-0.2, -0.15) is 0 Å². The number of carbonyl (C=O) groups excluding carboxylic acids is 2. The van der Waals surface area contributed by atoms with Crippen molar-refractivity contribution in [3.63, 3.8) is 0 Å². The van der Waals surface area contributed by atoms with E-state index in [1.165, 1.54) is 20.8 Å². The van der Waals surface area contributed by atoms with Crippen LogP contribution in [0.1, 0.15) is 57.8 Å². The van der Waals surface area contributed by atoms with Crippen LogP contribution in [0.5, 0.6) is 0 Å². The number of aliphatic hydroxyl groups is 4. The van der Waals surface area contributed by atoms with Gasteiger partial charge in [0, 0.05) is 31.1 Å². The zero-order valence-corrected chi connectivity index (χ0v) is 21.5. The smallest absolute Gasteiger partial charge is 0.338 e. The normalized spacial score (nSPS) is 33.6. The average Bonchev–Trinajstić information content (AvgIpc) is 2.79. The second-order valence-corrected chi connectivity index (χ2v) is 10.8. The molecule has 0 aromatic heterocycles. The number of fused-ring (bicyclic) bond motifs is 1. The van der Waals surface area contributed by atoms with Crippen molar-refractivity contribution in [2.75, 3.05) is 6.61 Å². The van der Waals surface area contributed by atoms with Gasteiger partial charge in [0.05, 0.1) is 30.5 Å². The van der Waals surface area contributed by atoms with Crippen LogP contribution in [0.15, 0.2) is 42.5 Å². The van der Waals surface area contributed by atoms with Crippen molar-refractivity contribution in [3.05, 3.63) is 48.0 Å². The summed E-state index contributed by atoms with van der Waals surface area (Å²) in [7, 11) is 0. The van der Waals surface area contributed by atoms with E-state index in [2.05, 4.69) is 6.58 Å². The van der Waals surface area contributed by atoms with Crippen molar-refractivity contribution in [3.8, 4) is 0 Å². The predicted octanol–water partition coefficient (Wildman–Crippen LogP) is 1.76. The van der Waals surface area contributed by atoms with Crippen LogP contribution in [0.4, 0.5) is 0 Å². The Balaban J connectivity index is 2.12. The van der Waals surface area contributed by atoms with E-state index in [0.717, 1.165) is 0 Å². The van der Waals surface area contributed by atoms with E-state index in [1.807, 2.05) is 0 Å². The van der Waals surface area contributed by atoms with Gasteiger partial charge in [-0.3, -0.25) is 4.79 Å². The predicted molar refractivity (Wildman–Crippen MR) is 130 cm³/mol. The molecule has 1 unspecified atom stereocenters. The number of hydrogen-bond acceptors (Lipinski definition) is 9. The van der Waals surface area contributed by atoms with Crippen molar-refractivity contribution in [2.24, 2.45) is 11.3 Å². The summed E-state index contributed by atoms with van der Waals surface area (Å²) in [6.45, 7) is 11.1. The minimum absolute atomic E-state index is 0.0672. The molecule has 2 aliphatic rings. The first-order valence-corrected chi connectivity index (χ1v) is 12.2. The molecule has 1 saturated heterocycles. The first kappa shape index (κ1) is 28.3. The number of aliphatic hydroxyl groups excluding tert-OH is 2. The van der Waals surface area contributed by atoms with Crippen LogP contribution in [0.3, 0.4) is 0 Å². The Hall–Kier alpha value is -2.30. The molecule has 0 bridgehead atoms. The number of rotatable bonds is 9. The Labute approximate surface area is 211 Å². The number of ether oxygens (including phenoxy) is 3. The van der Waals surface area contributed by atoms with Crippen molar-refractivity contribution >= 4 is 11.9 Å². The Bertz CT molecular complexity index is 975. The number of hydrogen-bond donors (Lipinski definition) is 4. The van der Waals surface area contributed by atoms with Gasteiger partial charge in [0.2, 0.25) is 0 Å². The van der Waals surface area contributed by atoms with Crippen molar-refractivity contribution in [1.29, 1.82) is 0 Å². The van der Waals surface area contributed by atoms with E-state index in [0.29, 0.717) is 5.57 Å². The second kappa shape index (κ2) is 10.2. The molecule has 2 fully saturated rings. The van der Waals surface area contributed by atoms with E-state index >= 15 is 0 Å². The quantitative estimate of drug-likeness (QED) is 0.291. The Morgan fingerprint density at radius 1 is 1.25 bits per heavy atom. The Morgan fingerprint density at radius 2 is 1.86 bits per heavy atom. The summed E-state index contributed by atoms with van der Waals surface area (Å²) in [6.07, 6.45) is -5.55. The van der Waals surface area contributed by atoms with Crippen LogP contribution in [0.2, 0.25) is 0 Å². The summed E-state index contributed by atoms with van der Waals surface area (Å²) in [4.78, 5) is 25.0. The molecule has 1 aliphatic carbocycles. The van der Waals surface area contributed by atoms with Gasteiger partial charge in [0.1, 0.15) is 23.4 Å². The van der Waals surface area contributed by atoms with Gasteiger partial charge < -0.3 is 34.6 Å². The van der Waals surface area contributed by atoms with Gasteiger partial charge in [0.15, 0.2) is 0 Å². The first-order valence-electron chi connectivity index (χ1n) is 12.2. The van der Waals surface area contributed by atoms with E-state index in [4.69, 9.17) is 14.2 Å². The molecule has 1 aromatic rings. The standard InChI is InChI=1S/C27H38O9/c1-15(2)19(35-17(4)29)13-25(5,32)23(36-24(31)18-10-8-7-9-11-18)22-26(6,16(3)28)20(30)12-21-27(22,33)14-34-21/h7-11,16,19-23,28,30,32-33H,1,12-14H2,2-6H3/t16-,19-,20-,21+,22-,23-,25?,26+,27-/m0/s1. The SMILES string of the molecule is C=C(C)[C@H](CC(C)(O)[C@@H](OC(=O)c1ccccc1)[C@@H]1[C@]2(O)CO[C@@H]2C[C@H](O)[C@@]1(C)[C@H](C)O)OC(C)=O. The first-order chi connectivity index (χ1) is 16.6. The van der Waals surface area contributed by atoms with Crippen LogP contribution >= 0.6 is 0 Å². The third-order valence-electron chi connectivity index (χ3n) is 7.95. The molecular weight excluding hydrogens is 468 g/mol. The summed E-state index contributed by atoms with van der Waals surface area (Å²) in [6, 6.07) is 8.17. The summed E-state index contributed by atoms with van der Waals surface area (Å²) in [5.41, 5.74) is -4.20. The van der Waals surface area contributed by atoms with E-state index in [9.17, 15) is 30.0 Å². The molecule has 0 amide bonds. The van der Waals surface area contributed by atoms with Crippen LogP contribution in [-0.2, 0) is 19.0 Å². The molecule has 9 atom stereocenters. The van der Waals surface area contributed by atoms with Gasteiger partial charge in [0.25, 0.3) is 0 Å². The minimum Gasteiger partial charge on any atom is -0.458 e. The third kappa shape index (κ3) is 5.08. The maximum Gasteiger partial charge on any atom is 0.338 e. The van der Waals surface area contributed by atoms with Crippen LogP contribution in [0, 0.1) is 11.3 Å². The monoisotopic (exact) mass is 506 g/mol. The lowest BCUT2D eigenvalue weighted by Gasteiger charge is -2.64. The van der Waals surface area contributed by atoms with Gasteiger partial charge in [-0.1, -0.05) is 31.7 Å². The Morgan fingerprint density at radius 3 is 2.33 bits per heavy atom. The molecule has 1 aromatic carbocycles. The maximum atomic E-state index is 13.2. The van der Waals surface area contributed by atoms with Gasteiger partial charge >= 0.3 is 11.9 Å². The molecule has 3 rings (SSSR count). The fourth-order valence-electron chi connectivity index (χ4n) is 5.58. The highest BCUT2D eigenvalue weighted by atomic mass is 16.6. The summed E-state index contributed by atoms with van der Waals surface area (Å²) in [5, 5.41) is 45.6. The number of carbonyl (C=O) groups is 2. The summed E-state index contributed by atoms with van der Waals surface area (Å²) >= 11 is 0. The third-order valence-corrected chi connectivity index (χ3v) is 7.95. The zero-order chi connectivity index (χ0) is 27.1. The molecule has 200 valence electrons. The van der Waals surface area contributed by atoms with E-state index in [-0.39, 0.29) is 25.0 Å². The molecule has 0 spiro atoms. The second-order valence-electron chi connectivity index (χ2n) is 10.8. The molecule has 4 N–H and O–H groups in total. The molecule has 1 aliphatic heterocycles. The van der Waals surface area contributed by atoms with Crippen molar-refractivity contribution in [1.82, 2.24) is 0 Å². The average molecular weight is 507 g/mol. The lowest BCUT2D eigenvalue weighted by Crippen LogP contribution is -2.78. The number of esters is 2. The molecule has 1 saturated carbocycles. The highest BCUT2D eigenvalue weighted by Gasteiger charge is 2.70. The highest BCUT2D eigenvalue weighted by molar-refractivity contribution is 5.89. The van der Waals surface area contributed by atoms with Gasteiger partial charge in [-0.05, 0) is 38.5 Å². The van der Waals surface area contributed by atoms with Crippen LogP contribution in [0.25, 0.3) is 0 Å². The molecule has 36 heavy (non-hydrogen) atoms. The van der Waals surface area contributed by atoms with Gasteiger partial charge in [-0.15, -0.1) is 0 Å². The molecule has 0 radical (unpaired) electrons. The maximum absolute atomic E-state index is 13.2. The highest BCUT2D eigenvalue weighted by Crippen LogP contribution is 2.57. The van der Waals surface area contributed by atoms with Gasteiger partial charge in [-0.25, -0.2) is 4.79 Å². The summed E-state index contributed by atoms with van der Waals surface area (Å²) in [5.74, 6) is -2.48. The zero-order valence-electron chi connectivity index (χ0n) is 21.5. The molecule has 1 heterocycles. The number of benzene rings is 1. The molecule has 9 heteroatoms. The van der Waals surface area contributed by atoms with Crippen LogP contribution in [-0.4, -0.2) is 80.7 Å². The Kier molecular flexibility index (Phi) is 8.03. The molecular formula is C27H38O9. The minimum atomic E-state index is -1.89. The topological polar surface area (TPSA) is 143 Å². The fourth-order valence-corrected chi connectivity index (χ4v) is 5.58. The largest absolute Gasteiger partial charge is 0.458 e. The lowest BCUT2D eigenvalue weighted by atomic mass is 9.51. The molecule has 9 nitrogen and oxygen atoms in total. The summed E-state index contributed by atoms with van der Waals surface area (Å²) < 4.78 is 16.8. The van der Waals surface area contributed by atoms with E-state index < -0.39 is 65.0 Å². The van der Waals surface area contributed by atoms with Crippen LogP contribution < -0.4 is 0 Å². The van der Waals surface area contributed by atoms with Crippen molar-refractivity contribution in [2.45, 2.75) is 89.2 Å². The lowest BCUT2D eigenvalue weighted by molar-refractivity contribution is -0.350.